The van der Waals surface area contributed by atoms with Gasteiger partial charge in [0.05, 0.1) is 17.1 Å². The van der Waals surface area contributed by atoms with Gasteiger partial charge in [0.2, 0.25) is 0 Å². The van der Waals surface area contributed by atoms with E-state index in [1.54, 1.807) is 57.3 Å². The molecule has 3 aromatic rings. The molecule has 0 saturated carbocycles. The zero-order valence-corrected chi connectivity index (χ0v) is 20.2. The molecule has 0 aliphatic rings. The van der Waals surface area contributed by atoms with Crippen LogP contribution in [0, 0.1) is 5.82 Å². The summed E-state index contributed by atoms with van der Waals surface area (Å²) in [4.78, 5) is 31.6. The molecule has 10 heteroatoms. The van der Waals surface area contributed by atoms with Gasteiger partial charge in [-0.25, -0.2) is 14.2 Å². The van der Waals surface area contributed by atoms with Crippen molar-refractivity contribution in [2.75, 3.05) is 0 Å². The van der Waals surface area contributed by atoms with E-state index in [-0.39, 0.29) is 23.7 Å². The second kappa shape index (κ2) is 11.1. The molecule has 1 amide bonds. The first-order valence-electron chi connectivity index (χ1n) is 10.7. The molecule has 0 spiro atoms. The number of pyridine rings is 2. The number of alkyl carbamates (subject to hydrolysis) is 1. The van der Waals surface area contributed by atoms with Crippen molar-refractivity contribution in [3.8, 4) is 22.9 Å². The zero-order chi connectivity index (χ0) is 25.6. The van der Waals surface area contributed by atoms with Crippen LogP contribution in [-0.4, -0.2) is 38.8 Å². The number of carboxylic acids is 1. The molecule has 3 rings (SSSR count). The van der Waals surface area contributed by atoms with Crippen molar-refractivity contribution in [2.45, 2.75) is 45.3 Å². The number of carbonyl (C=O) groups excluding carboxylic acids is 1. The summed E-state index contributed by atoms with van der Waals surface area (Å²) in [7, 11) is 0. The van der Waals surface area contributed by atoms with Gasteiger partial charge in [0, 0.05) is 24.0 Å². The molecular weight excluding hydrogens is 477 g/mol. The lowest BCUT2D eigenvalue weighted by Gasteiger charge is -2.23. The third kappa shape index (κ3) is 8.22. The molecule has 1 unspecified atom stereocenters. The molecule has 0 bridgehead atoms. The third-order valence-corrected chi connectivity index (χ3v) is 4.79. The third-order valence-electron chi connectivity index (χ3n) is 4.59. The quantitative estimate of drug-likeness (QED) is 0.411. The fourth-order valence-electron chi connectivity index (χ4n) is 3.19. The predicted molar refractivity (Wildman–Crippen MR) is 128 cm³/mol. The number of benzene rings is 1. The minimum Gasteiger partial charge on any atom is -0.481 e. The van der Waals surface area contributed by atoms with Crippen LogP contribution in [0.3, 0.4) is 0 Å². The van der Waals surface area contributed by atoms with Crippen molar-refractivity contribution >= 4 is 23.7 Å². The lowest BCUT2D eigenvalue weighted by atomic mass is 10.0. The lowest BCUT2D eigenvalue weighted by molar-refractivity contribution is -0.137. The first kappa shape index (κ1) is 25.9. The topological polar surface area (TPSA) is 111 Å². The van der Waals surface area contributed by atoms with Crippen LogP contribution in [0.15, 0.2) is 54.9 Å². The van der Waals surface area contributed by atoms with Crippen LogP contribution in [0.1, 0.15) is 32.8 Å². The van der Waals surface area contributed by atoms with E-state index in [1.165, 1.54) is 6.20 Å². The number of carbonyl (C=O) groups is 2. The number of hydrogen-bond donors (Lipinski definition) is 2. The Balaban J connectivity index is 1.72. The molecule has 35 heavy (non-hydrogen) atoms. The highest BCUT2D eigenvalue weighted by atomic mass is 35.5. The van der Waals surface area contributed by atoms with E-state index in [4.69, 9.17) is 21.1 Å². The summed E-state index contributed by atoms with van der Waals surface area (Å²) in [5, 5.41) is 12.0. The van der Waals surface area contributed by atoms with Crippen LogP contribution in [0.25, 0.3) is 11.3 Å². The number of carboxylic acid groups (broad SMARTS) is 1. The number of ether oxygens (including phenoxy) is 2. The maximum Gasteiger partial charge on any atom is 0.407 e. The summed E-state index contributed by atoms with van der Waals surface area (Å²) >= 11 is 5.71. The Kier molecular flexibility index (Phi) is 8.24. The highest BCUT2D eigenvalue weighted by Gasteiger charge is 2.22. The van der Waals surface area contributed by atoms with Crippen molar-refractivity contribution in [3.05, 3.63) is 71.3 Å². The summed E-state index contributed by atoms with van der Waals surface area (Å²) in [6.07, 6.45) is 2.22. The average molecular weight is 502 g/mol. The smallest absolute Gasteiger partial charge is 0.407 e. The molecular formula is C25H25ClFN3O5. The molecule has 0 aliphatic heterocycles. The number of nitrogens with zero attached hydrogens (tertiary/aromatic N) is 2. The summed E-state index contributed by atoms with van der Waals surface area (Å²) in [5.74, 6) is -1.53. The van der Waals surface area contributed by atoms with E-state index in [0.29, 0.717) is 11.4 Å². The standard InChI is InChI=1S/C25H25ClFN3O5/c1-25(2,3)35-24(33)30-18(13-22(31)32)10-15-8-9-28-21(11-15)16-4-6-19(7-5-16)34-23-20(27)12-17(26)14-29-23/h4-9,11-12,14,18H,10,13H2,1-3H3,(H,30,33)(H,31,32). The first-order valence-corrected chi connectivity index (χ1v) is 11.1. The van der Waals surface area contributed by atoms with E-state index in [1.807, 2.05) is 6.07 Å². The Bertz CT molecular complexity index is 1200. The molecule has 0 radical (unpaired) electrons. The van der Waals surface area contributed by atoms with Gasteiger partial charge in [-0.15, -0.1) is 0 Å². The van der Waals surface area contributed by atoms with Crippen LogP contribution in [0.2, 0.25) is 5.02 Å². The highest BCUT2D eigenvalue weighted by molar-refractivity contribution is 6.30. The van der Waals surface area contributed by atoms with Crippen molar-refractivity contribution < 1.29 is 28.6 Å². The van der Waals surface area contributed by atoms with Gasteiger partial charge in [-0.1, -0.05) is 11.6 Å². The highest BCUT2D eigenvalue weighted by Crippen LogP contribution is 2.27. The summed E-state index contributed by atoms with van der Waals surface area (Å²) in [6.45, 7) is 5.19. The molecule has 2 heterocycles. The Hall–Kier alpha value is -3.72. The van der Waals surface area contributed by atoms with E-state index < -0.39 is 29.5 Å². The Labute approximate surface area is 207 Å². The van der Waals surface area contributed by atoms with Crippen molar-refractivity contribution in [1.29, 1.82) is 0 Å². The maximum atomic E-state index is 13.9. The number of nitrogens with one attached hydrogen (secondary N) is 1. The normalized spacial score (nSPS) is 12.0. The summed E-state index contributed by atoms with van der Waals surface area (Å²) < 4.78 is 24.6. The average Bonchev–Trinajstić information content (AvgIpc) is 2.74. The number of rotatable bonds is 8. The largest absolute Gasteiger partial charge is 0.481 e. The Morgan fingerprint density at radius 1 is 1.14 bits per heavy atom. The number of halogens is 2. The molecule has 2 aromatic heterocycles. The number of aliphatic carboxylic acids is 1. The SMILES string of the molecule is CC(C)(C)OC(=O)NC(CC(=O)O)Cc1ccnc(-c2ccc(Oc3ncc(Cl)cc3F)cc2)c1. The molecule has 8 nitrogen and oxygen atoms in total. The van der Waals surface area contributed by atoms with Gasteiger partial charge < -0.3 is 19.9 Å². The molecule has 1 atom stereocenters. The van der Waals surface area contributed by atoms with Crippen LogP contribution < -0.4 is 10.1 Å². The van der Waals surface area contributed by atoms with E-state index in [2.05, 4.69) is 15.3 Å². The zero-order valence-electron chi connectivity index (χ0n) is 19.4. The second-order valence-electron chi connectivity index (χ2n) is 8.76. The van der Waals surface area contributed by atoms with Crippen LogP contribution in [0.5, 0.6) is 11.6 Å². The van der Waals surface area contributed by atoms with Crippen molar-refractivity contribution in [1.82, 2.24) is 15.3 Å². The van der Waals surface area contributed by atoms with Crippen LogP contribution in [0.4, 0.5) is 9.18 Å². The predicted octanol–water partition coefficient (Wildman–Crippen LogP) is 5.64. The molecule has 0 saturated heterocycles. The Morgan fingerprint density at radius 3 is 2.49 bits per heavy atom. The first-order chi connectivity index (χ1) is 16.5. The fourth-order valence-corrected chi connectivity index (χ4v) is 3.33. The molecule has 1 aromatic carbocycles. The minimum atomic E-state index is -1.04. The monoisotopic (exact) mass is 501 g/mol. The van der Waals surface area contributed by atoms with E-state index in [0.717, 1.165) is 17.2 Å². The van der Waals surface area contributed by atoms with Gasteiger partial charge in [-0.2, -0.15) is 0 Å². The number of hydrogen-bond acceptors (Lipinski definition) is 6. The number of amides is 1. The molecule has 2 N–H and O–H groups in total. The minimum absolute atomic E-state index is 0.169. The van der Waals surface area contributed by atoms with Crippen LogP contribution in [-0.2, 0) is 16.0 Å². The second-order valence-corrected chi connectivity index (χ2v) is 9.20. The van der Waals surface area contributed by atoms with Gasteiger partial charge in [-0.3, -0.25) is 9.78 Å². The maximum absolute atomic E-state index is 13.9. The van der Waals surface area contributed by atoms with Crippen LogP contribution >= 0.6 is 11.6 Å². The van der Waals surface area contributed by atoms with Gasteiger partial charge in [0.1, 0.15) is 11.4 Å². The van der Waals surface area contributed by atoms with Crippen molar-refractivity contribution in [3.63, 3.8) is 0 Å². The van der Waals surface area contributed by atoms with Gasteiger partial charge in [0.25, 0.3) is 5.88 Å². The van der Waals surface area contributed by atoms with E-state index >= 15 is 0 Å². The van der Waals surface area contributed by atoms with E-state index in [9.17, 15) is 19.1 Å². The molecule has 0 aliphatic carbocycles. The van der Waals surface area contributed by atoms with Gasteiger partial charge in [-0.05, 0) is 75.2 Å². The fraction of sp³-hybridized carbons (Fsp3) is 0.280. The Morgan fingerprint density at radius 2 is 1.86 bits per heavy atom. The number of aromatic nitrogens is 2. The lowest BCUT2D eigenvalue weighted by Crippen LogP contribution is -2.41. The molecule has 0 fully saturated rings. The summed E-state index contributed by atoms with van der Waals surface area (Å²) in [6, 6.07) is 10.8. The van der Waals surface area contributed by atoms with Gasteiger partial charge >= 0.3 is 12.1 Å². The summed E-state index contributed by atoms with van der Waals surface area (Å²) in [5.41, 5.74) is 1.48. The van der Waals surface area contributed by atoms with Gasteiger partial charge in [0.15, 0.2) is 5.82 Å². The molecule has 184 valence electrons. The van der Waals surface area contributed by atoms with Crippen molar-refractivity contribution in [2.24, 2.45) is 0 Å².